The Balaban J connectivity index is 2.06. The lowest BCUT2D eigenvalue weighted by Gasteiger charge is -2.40. The Hall–Kier alpha value is -0.820. The van der Waals surface area contributed by atoms with Crippen LogP contribution in [0.15, 0.2) is 12.1 Å². The third-order valence-electron chi connectivity index (χ3n) is 5.03. The molecule has 1 aliphatic rings. The van der Waals surface area contributed by atoms with Crippen molar-refractivity contribution in [2.45, 2.75) is 58.7 Å². The Morgan fingerprint density at radius 2 is 1.68 bits per heavy atom. The predicted octanol–water partition coefficient (Wildman–Crippen LogP) is 5.46. The first-order valence-corrected chi connectivity index (χ1v) is 12.3. The van der Waals surface area contributed by atoms with Gasteiger partial charge in [0.25, 0.3) is 0 Å². The van der Waals surface area contributed by atoms with Gasteiger partial charge >= 0.3 is 12.1 Å². The van der Waals surface area contributed by atoms with E-state index >= 15 is 0 Å². The van der Waals surface area contributed by atoms with Crippen molar-refractivity contribution in [2.75, 3.05) is 27.0 Å². The summed E-state index contributed by atoms with van der Waals surface area (Å²) in [4.78, 5) is 27.1. The van der Waals surface area contributed by atoms with E-state index in [-0.39, 0.29) is 18.8 Å². The van der Waals surface area contributed by atoms with Crippen LogP contribution >= 0.6 is 45.2 Å². The molecule has 0 saturated carbocycles. The lowest BCUT2D eigenvalue weighted by molar-refractivity contribution is -0.0482. The number of esters is 1. The number of hydrogen-bond donors (Lipinski definition) is 0. The van der Waals surface area contributed by atoms with Crippen LogP contribution in [0.2, 0.25) is 0 Å². The number of ether oxygens (including phenoxy) is 4. The van der Waals surface area contributed by atoms with E-state index in [1.54, 1.807) is 11.0 Å². The van der Waals surface area contributed by atoms with Gasteiger partial charge in [-0.2, -0.15) is 0 Å². The maximum Gasteiger partial charge on any atom is 0.410 e. The highest BCUT2D eigenvalue weighted by Crippen LogP contribution is 2.35. The number of carbonyl (C=O) groups is 2. The van der Waals surface area contributed by atoms with Crippen LogP contribution in [0.4, 0.5) is 4.79 Å². The van der Waals surface area contributed by atoms with Crippen LogP contribution in [-0.4, -0.2) is 55.2 Å². The zero-order chi connectivity index (χ0) is 23.4. The predicted molar refractivity (Wildman–Crippen MR) is 134 cm³/mol. The highest BCUT2D eigenvalue weighted by atomic mass is 127. The number of piperidine rings is 1. The average molecular weight is 659 g/mol. The highest BCUT2D eigenvalue weighted by Gasteiger charge is 2.38. The summed E-state index contributed by atoms with van der Waals surface area (Å²) in [5, 5.41) is 0. The van der Waals surface area contributed by atoms with Crippen LogP contribution in [0.1, 0.15) is 57.8 Å². The molecule has 2 rings (SSSR count). The fourth-order valence-electron chi connectivity index (χ4n) is 3.44. The van der Waals surface area contributed by atoms with Crippen molar-refractivity contribution in [3.63, 3.8) is 0 Å². The van der Waals surface area contributed by atoms with Crippen molar-refractivity contribution in [3.8, 4) is 5.75 Å². The minimum Gasteiger partial charge on any atom is -0.466 e. The molecular weight excluding hydrogens is 628 g/mol. The molecular formula is C22H31I2NO6. The maximum absolute atomic E-state index is 13.1. The van der Waals surface area contributed by atoms with Gasteiger partial charge in [-0.15, -0.1) is 0 Å². The first-order chi connectivity index (χ1) is 14.3. The molecule has 31 heavy (non-hydrogen) atoms. The SMILES string of the molecule is COCOc1c(I)cc(I)cc1C(=O)OC(C)(C)C1CCN(C(=O)OC(C)(C)C)CC1. The lowest BCUT2D eigenvalue weighted by Crippen LogP contribution is -2.47. The number of rotatable bonds is 6. The lowest BCUT2D eigenvalue weighted by atomic mass is 9.83. The molecule has 174 valence electrons. The number of nitrogens with zero attached hydrogens (tertiary/aromatic N) is 1. The highest BCUT2D eigenvalue weighted by molar-refractivity contribution is 14.1. The number of halogens is 2. The molecule has 7 nitrogen and oxygen atoms in total. The Morgan fingerprint density at radius 1 is 1.06 bits per heavy atom. The second kappa shape index (κ2) is 10.9. The number of benzene rings is 1. The van der Waals surface area contributed by atoms with Crippen LogP contribution < -0.4 is 4.74 Å². The second-order valence-electron chi connectivity index (χ2n) is 9.05. The molecule has 0 N–H and O–H groups in total. The standard InChI is InChI=1S/C22H31I2NO6/c1-21(2,3)31-20(27)25-9-7-14(8-10-25)22(4,5)30-19(26)16-11-15(23)12-17(24)18(16)29-13-28-6/h11-12,14H,7-10,13H2,1-6H3. The van der Waals surface area contributed by atoms with E-state index < -0.39 is 17.2 Å². The number of amides is 1. The summed E-state index contributed by atoms with van der Waals surface area (Å²) in [6, 6.07) is 3.69. The van der Waals surface area contributed by atoms with Gasteiger partial charge in [0, 0.05) is 29.7 Å². The van der Waals surface area contributed by atoms with Gasteiger partial charge in [-0.25, -0.2) is 9.59 Å². The van der Waals surface area contributed by atoms with Crippen molar-refractivity contribution in [3.05, 3.63) is 24.8 Å². The van der Waals surface area contributed by atoms with Gasteiger partial charge in [-0.1, -0.05) is 0 Å². The molecule has 1 fully saturated rings. The quantitative estimate of drug-likeness (QED) is 0.230. The Labute approximate surface area is 211 Å². The normalized spacial score (nSPS) is 15.5. The summed E-state index contributed by atoms with van der Waals surface area (Å²) in [6.45, 7) is 10.6. The Kier molecular flexibility index (Phi) is 9.26. The van der Waals surface area contributed by atoms with Crippen molar-refractivity contribution in [1.29, 1.82) is 0 Å². The van der Waals surface area contributed by atoms with Gasteiger partial charge in [-0.3, -0.25) is 0 Å². The van der Waals surface area contributed by atoms with E-state index in [9.17, 15) is 9.59 Å². The smallest absolute Gasteiger partial charge is 0.410 e. The Morgan fingerprint density at radius 3 is 2.23 bits per heavy atom. The number of carbonyl (C=O) groups excluding carboxylic acids is 2. The van der Waals surface area contributed by atoms with Gasteiger partial charge in [0.05, 0.1) is 3.57 Å². The van der Waals surface area contributed by atoms with Crippen LogP contribution in [0.25, 0.3) is 0 Å². The molecule has 1 aromatic rings. The third-order valence-corrected chi connectivity index (χ3v) is 6.46. The van der Waals surface area contributed by atoms with Crippen LogP contribution in [-0.2, 0) is 14.2 Å². The van der Waals surface area contributed by atoms with Crippen molar-refractivity contribution in [1.82, 2.24) is 4.90 Å². The molecule has 1 saturated heterocycles. The average Bonchev–Trinajstić information content (AvgIpc) is 2.65. The molecule has 9 heteroatoms. The van der Waals surface area contributed by atoms with Gasteiger partial charge in [-0.05, 0) is 105 Å². The van der Waals surface area contributed by atoms with E-state index in [4.69, 9.17) is 18.9 Å². The summed E-state index contributed by atoms with van der Waals surface area (Å²) < 4.78 is 23.8. The zero-order valence-electron chi connectivity index (χ0n) is 18.9. The molecule has 0 aromatic heterocycles. The summed E-state index contributed by atoms with van der Waals surface area (Å²) in [5.41, 5.74) is -0.828. The molecule has 1 amide bonds. The number of methoxy groups -OCH3 is 1. The number of likely N-dealkylation sites (tertiary alicyclic amines) is 1. The molecule has 0 spiro atoms. The van der Waals surface area contributed by atoms with Gasteiger partial charge < -0.3 is 23.8 Å². The minimum atomic E-state index is -0.692. The monoisotopic (exact) mass is 659 g/mol. The topological polar surface area (TPSA) is 74.3 Å². The van der Waals surface area contributed by atoms with Crippen molar-refractivity contribution in [2.24, 2.45) is 5.92 Å². The summed E-state index contributed by atoms with van der Waals surface area (Å²) in [5.74, 6) is 0.158. The van der Waals surface area contributed by atoms with E-state index in [0.717, 1.165) is 20.0 Å². The van der Waals surface area contributed by atoms with Gasteiger partial charge in [0.1, 0.15) is 22.5 Å². The van der Waals surface area contributed by atoms with Crippen LogP contribution in [0.5, 0.6) is 5.75 Å². The van der Waals surface area contributed by atoms with Gasteiger partial charge in [0.15, 0.2) is 6.79 Å². The van der Waals surface area contributed by atoms with E-state index in [1.165, 1.54) is 7.11 Å². The summed E-state index contributed by atoms with van der Waals surface area (Å²) in [7, 11) is 1.53. The molecule has 0 aliphatic carbocycles. The Bertz CT molecular complexity index is 798. The van der Waals surface area contributed by atoms with Crippen molar-refractivity contribution < 1.29 is 28.5 Å². The molecule has 0 unspecified atom stereocenters. The van der Waals surface area contributed by atoms with Crippen molar-refractivity contribution >= 4 is 57.2 Å². The van der Waals surface area contributed by atoms with Gasteiger partial charge in [0.2, 0.25) is 0 Å². The number of hydrogen-bond acceptors (Lipinski definition) is 6. The molecule has 0 bridgehead atoms. The largest absolute Gasteiger partial charge is 0.466 e. The van der Waals surface area contributed by atoms with E-state index in [0.29, 0.717) is 24.4 Å². The first kappa shape index (κ1) is 26.4. The van der Waals surface area contributed by atoms with Crippen LogP contribution in [0, 0.1) is 13.1 Å². The van der Waals surface area contributed by atoms with Crippen LogP contribution in [0.3, 0.4) is 0 Å². The summed E-state index contributed by atoms with van der Waals surface area (Å²) >= 11 is 4.31. The summed E-state index contributed by atoms with van der Waals surface area (Å²) in [6.07, 6.45) is 1.17. The first-order valence-electron chi connectivity index (χ1n) is 10.2. The molecule has 1 heterocycles. The fraction of sp³-hybridized carbons (Fsp3) is 0.636. The minimum absolute atomic E-state index is 0.0450. The van der Waals surface area contributed by atoms with E-state index in [1.807, 2.05) is 40.7 Å². The molecule has 0 radical (unpaired) electrons. The van der Waals surface area contributed by atoms with E-state index in [2.05, 4.69) is 45.2 Å². The molecule has 0 atom stereocenters. The third kappa shape index (κ3) is 7.62. The molecule has 1 aliphatic heterocycles. The second-order valence-corrected chi connectivity index (χ2v) is 11.5. The maximum atomic E-state index is 13.1. The zero-order valence-corrected chi connectivity index (χ0v) is 23.2. The molecule has 1 aromatic carbocycles. The fourth-order valence-corrected chi connectivity index (χ4v) is 5.44.